The lowest BCUT2D eigenvalue weighted by Crippen LogP contribution is -2.41. The molecule has 0 amide bonds. The Kier molecular flexibility index (Phi) is 7.91. The van der Waals surface area contributed by atoms with Gasteiger partial charge in [-0.2, -0.15) is 0 Å². The molecular formula is C20H25ClN2O3. The second kappa shape index (κ2) is 10.2. The molecule has 26 heavy (non-hydrogen) atoms. The smallest absolute Gasteiger partial charge is 0.309 e. The molecular weight excluding hydrogens is 352 g/mol. The molecule has 0 aromatic heterocycles. The lowest BCUT2D eigenvalue weighted by Gasteiger charge is -2.27. The molecule has 0 radical (unpaired) electrons. The van der Waals surface area contributed by atoms with E-state index < -0.39 is 6.10 Å². The first-order valence-electron chi connectivity index (χ1n) is 8.63. The van der Waals surface area contributed by atoms with Gasteiger partial charge >= 0.3 is 5.97 Å². The molecule has 0 saturated heterocycles. The summed E-state index contributed by atoms with van der Waals surface area (Å²) in [5, 5.41) is 13.0. The molecule has 140 valence electrons. The summed E-state index contributed by atoms with van der Waals surface area (Å²) in [6.45, 7) is 3.25. The van der Waals surface area contributed by atoms with Crippen molar-refractivity contribution in [1.82, 2.24) is 5.43 Å². The Morgan fingerprint density at radius 3 is 2.62 bits per heavy atom. The number of rotatable bonds is 9. The molecule has 0 saturated carbocycles. The van der Waals surface area contributed by atoms with Gasteiger partial charge in [-0.15, -0.1) is 0 Å². The summed E-state index contributed by atoms with van der Waals surface area (Å²) in [4.78, 5) is 11.4. The molecule has 0 fully saturated rings. The number of methoxy groups -OCH3 is 1. The highest BCUT2D eigenvalue weighted by Crippen LogP contribution is 2.19. The summed E-state index contributed by atoms with van der Waals surface area (Å²) in [5.41, 5.74) is 5.92. The summed E-state index contributed by atoms with van der Waals surface area (Å²) in [6, 6.07) is 14.9. The quantitative estimate of drug-likeness (QED) is 0.518. The van der Waals surface area contributed by atoms with Crippen molar-refractivity contribution >= 4 is 23.3 Å². The normalized spacial score (nSPS) is 11.8. The molecule has 0 aliphatic rings. The number of benzene rings is 2. The minimum Gasteiger partial charge on any atom is -0.469 e. The third-order valence-electron chi connectivity index (χ3n) is 3.98. The van der Waals surface area contributed by atoms with Crippen LogP contribution in [0.1, 0.15) is 30.6 Å². The van der Waals surface area contributed by atoms with Gasteiger partial charge in [0, 0.05) is 18.1 Å². The first-order chi connectivity index (χ1) is 12.5. The Hall–Kier alpha value is -2.08. The number of carbonyl (C=O) groups excluding carboxylic acids is 1. The highest BCUT2D eigenvalue weighted by molar-refractivity contribution is 6.30. The highest BCUT2D eigenvalue weighted by atomic mass is 35.5. The van der Waals surface area contributed by atoms with Gasteiger partial charge in [0.25, 0.3) is 0 Å². The van der Waals surface area contributed by atoms with Gasteiger partial charge in [0.05, 0.1) is 25.3 Å². The lowest BCUT2D eigenvalue weighted by molar-refractivity contribution is -0.139. The molecule has 0 spiro atoms. The fourth-order valence-corrected chi connectivity index (χ4v) is 2.78. The number of hydrazine groups is 1. The number of halogens is 1. The molecule has 2 aromatic carbocycles. The average Bonchev–Trinajstić information content (AvgIpc) is 2.65. The first kappa shape index (κ1) is 20.2. The zero-order valence-electron chi connectivity index (χ0n) is 15.1. The minimum atomic E-state index is -0.661. The van der Waals surface area contributed by atoms with Crippen LogP contribution < -0.4 is 10.4 Å². The van der Waals surface area contributed by atoms with E-state index in [1.54, 1.807) is 12.1 Å². The van der Waals surface area contributed by atoms with Gasteiger partial charge in [-0.05, 0) is 41.8 Å². The van der Waals surface area contributed by atoms with Crippen LogP contribution in [0.3, 0.4) is 0 Å². The zero-order chi connectivity index (χ0) is 18.9. The van der Waals surface area contributed by atoms with Gasteiger partial charge in [-0.3, -0.25) is 4.79 Å². The van der Waals surface area contributed by atoms with E-state index in [9.17, 15) is 9.90 Å². The van der Waals surface area contributed by atoms with Crippen LogP contribution in [0, 0.1) is 0 Å². The Morgan fingerprint density at radius 2 is 2.00 bits per heavy atom. The van der Waals surface area contributed by atoms with Crippen LogP contribution in [0.2, 0.25) is 5.02 Å². The van der Waals surface area contributed by atoms with Crippen LogP contribution >= 0.6 is 11.6 Å². The van der Waals surface area contributed by atoms with Gasteiger partial charge in [-0.25, -0.2) is 5.43 Å². The molecule has 0 heterocycles. The topological polar surface area (TPSA) is 61.8 Å². The Labute approximate surface area is 159 Å². The molecule has 2 aromatic rings. The number of nitrogens with zero attached hydrogens (tertiary/aromatic N) is 1. The summed E-state index contributed by atoms with van der Waals surface area (Å²) >= 11 is 5.98. The fraction of sp³-hybridized carbons (Fsp3) is 0.350. The number of ether oxygens (including phenoxy) is 1. The van der Waals surface area contributed by atoms with E-state index in [1.165, 1.54) is 7.11 Å². The second-order valence-electron chi connectivity index (χ2n) is 6.00. The van der Waals surface area contributed by atoms with Crippen molar-refractivity contribution in [3.05, 3.63) is 64.7 Å². The standard InChI is InChI=1S/C20H25ClN2O3/c1-3-11-23(18-9-7-15(8-10-18)12-20(25)26-2)22-14-19(24)16-5-4-6-17(21)13-16/h4-10,13,19,22,24H,3,11-12,14H2,1-2H3/t19-/m0/s1. The van der Waals surface area contributed by atoms with Crippen LogP contribution in [0.15, 0.2) is 48.5 Å². The van der Waals surface area contributed by atoms with E-state index in [0.717, 1.165) is 29.8 Å². The number of esters is 1. The number of aliphatic hydroxyl groups excluding tert-OH is 1. The average molecular weight is 377 g/mol. The number of aliphatic hydroxyl groups is 1. The van der Waals surface area contributed by atoms with Crippen LogP contribution in [-0.4, -0.2) is 31.3 Å². The largest absolute Gasteiger partial charge is 0.469 e. The monoisotopic (exact) mass is 376 g/mol. The predicted molar refractivity (Wildman–Crippen MR) is 104 cm³/mol. The SMILES string of the molecule is CCCN(NC[C@H](O)c1cccc(Cl)c1)c1ccc(CC(=O)OC)cc1. The van der Waals surface area contributed by atoms with Gasteiger partial charge < -0.3 is 14.9 Å². The maximum Gasteiger partial charge on any atom is 0.309 e. The van der Waals surface area contributed by atoms with Gasteiger partial charge in [0.15, 0.2) is 0 Å². The van der Waals surface area contributed by atoms with Crippen molar-refractivity contribution in [2.45, 2.75) is 25.9 Å². The predicted octanol–water partition coefficient (Wildman–Crippen LogP) is 3.51. The van der Waals surface area contributed by atoms with Gasteiger partial charge in [0.1, 0.15) is 0 Å². The van der Waals surface area contributed by atoms with Crippen LogP contribution in [0.4, 0.5) is 5.69 Å². The molecule has 0 aliphatic carbocycles. The lowest BCUT2D eigenvalue weighted by atomic mass is 10.1. The van der Waals surface area contributed by atoms with E-state index in [2.05, 4.69) is 17.1 Å². The van der Waals surface area contributed by atoms with E-state index in [1.807, 2.05) is 41.4 Å². The molecule has 2 rings (SSSR count). The summed E-state index contributed by atoms with van der Waals surface area (Å²) in [7, 11) is 1.38. The van der Waals surface area contributed by atoms with Crippen LogP contribution in [0.25, 0.3) is 0 Å². The molecule has 1 atom stereocenters. The Bertz CT molecular complexity index is 706. The number of anilines is 1. The number of hydrogen-bond acceptors (Lipinski definition) is 5. The zero-order valence-corrected chi connectivity index (χ0v) is 15.9. The minimum absolute atomic E-state index is 0.255. The summed E-state index contributed by atoms with van der Waals surface area (Å²) < 4.78 is 4.69. The van der Waals surface area contributed by atoms with Crippen molar-refractivity contribution in [2.24, 2.45) is 0 Å². The van der Waals surface area contributed by atoms with E-state index in [-0.39, 0.29) is 12.4 Å². The molecule has 0 aliphatic heterocycles. The van der Waals surface area contributed by atoms with E-state index >= 15 is 0 Å². The van der Waals surface area contributed by atoms with E-state index in [4.69, 9.17) is 11.6 Å². The van der Waals surface area contributed by atoms with Crippen molar-refractivity contribution in [2.75, 3.05) is 25.2 Å². The molecule has 2 N–H and O–H groups in total. The van der Waals surface area contributed by atoms with E-state index in [0.29, 0.717) is 11.6 Å². The van der Waals surface area contributed by atoms with Crippen molar-refractivity contribution < 1.29 is 14.6 Å². The maximum absolute atomic E-state index is 11.4. The highest BCUT2D eigenvalue weighted by Gasteiger charge is 2.12. The van der Waals surface area contributed by atoms with Crippen LogP contribution in [-0.2, 0) is 16.0 Å². The molecule has 6 heteroatoms. The van der Waals surface area contributed by atoms with Gasteiger partial charge in [0.2, 0.25) is 0 Å². The van der Waals surface area contributed by atoms with Crippen LogP contribution in [0.5, 0.6) is 0 Å². The molecule has 0 unspecified atom stereocenters. The number of nitrogens with one attached hydrogen (secondary N) is 1. The van der Waals surface area contributed by atoms with Crippen molar-refractivity contribution in [1.29, 1.82) is 0 Å². The van der Waals surface area contributed by atoms with Gasteiger partial charge in [-0.1, -0.05) is 42.8 Å². The Morgan fingerprint density at radius 1 is 1.27 bits per heavy atom. The van der Waals surface area contributed by atoms with Crippen molar-refractivity contribution in [3.8, 4) is 0 Å². The summed E-state index contributed by atoms with van der Waals surface area (Å²) in [5.74, 6) is -0.258. The molecule has 5 nitrogen and oxygen atoms in total. The number of hydrogen-bond donors (Lipinski definition) is 2. The second-order valence-corrected chi connectivity index (χ2v) is 6.44. The third-order valence-corrected chi connectivity index (χ3v) is 4.22. The maximum atomic E-state index is 11.4. The third kappa shape index (κ3) is 6.02. The molecule has 0 bridgehead atoms. The summed E-state index contributed by atoms with van der Waals surface area (Å²) in [6.07, 6.45) is 0.544. The first-order valence-corrected chi connectivity index (χ1v) is 9.01. The fourth-order valence-electron chi connectivity index (χ4n) is 2.58. The van der Waals surface area contributed by atoms with Crippen molar-refractivity contribution in [3.63, 3.8) is 0 Å². The Balaban J connectivity index is 2.00. The number of carbonyl (C=O) groups is 1.